The highest BCUT2D eigenvalue weighted by Crippen LogP contribution is 2.22. The summed E-state index contributed by atoms with van der Waals surface area (Å²) in [5, 5.41) is 0. The summed E-state index contributed by atoms with van der Waals surface area (Å²) in [6.45, 7) is 6.32. The van der Waals surface area contributed by atoms with Gasteiger partial charge in [-0.1, -0.05) is 13.8 Å². The largest absolute Gasteiger partial charge is 0.335 e. The van der Waals surface area contributed by atoms with Gasteiger partial charge in [-0.3, -0.25) is 0 Å². The molecule has 0 saturated carbocycles. The molecule has 5 nitrogen and oxygen atoms in total. The molecule has 114 valence electrons. The van der Waals surface area contributed by atoms with Gasteiger partial charge in [0, 0.05) is 38.4 Å². The molecule has 1 fully saturated rings. The van der Waals surface area contributed by atoms with Gasteiger partial charge in [-0.2, -0.15) is 0 Å². The molecule has 0 radical (unpaired) electrons. The quantitative estimate of drug-likeness (QED) is 0.806. The van der Waals surface area contributed by atoms with E-state index in [1.165, 1.54) is 0 Å². The second-order valence-corrected chi connectivity index (χ2v) is 7.60. The lowest BCUT2D eigenvalue weighted by molar-refractivity contribution is 0.251. The molecule has 0 bridgehead atoms. The van der Waals surface area contributed by atoms with Crippen LogP contribution in [-0.4, -0.2) is 41.1 Å². The fourth-order valence-corrected chi connectivity index (χ4v) is 4.40. The first-order valence-electron chi connectivity index (χ1n) is 7.54. The van der Waals surface area contributed by atoms with Crippen molar-refractivity contribution < 1.29 is 8.42 Å². The lowest BCUT2D eigenvalue weighted by Gasteiger charge is -2.31. The first kappa shape index (κ1) is 15.5. The van der Waals surface area contributed by atoms with Crippen LogP contribution in [0.3, 0.4) is 0 Å². The second-order valence-electron chi connectivity index (χ2n) is 5.51. The zero-order valence-electron chi connectivity index (χ0n) is 12.5. The van der Waals surface area contributed by atoms with E-state index < -0.39 is 10.0 Å². The zero-order chi connectivity index (χ0) is 14.6. The van der Waals surface area contributed by atoms with E-state index in [0.29, 0.717) is 25.4 Å². The number of rotatable bonds is 6. The van der Waals surface area contributed by atoms with Gasteiger partial charge in [-0.05, 0) is 25.2 Å². The molecular formula is C14H25N3O2S. The Kier molecular flexibility index (Phi) is 5.21. The van der Waals surface area contributed by atoms with Crippen LogP contribution >= 0.6 is 0 Å². The fourth-order valence-electron chi connectivity index (χ4n) is 2.86. The van der Waals surface area contributed by atoms with Crippen molar-refractivity contribution in [2.75, 3.05) is 18.8 Å². The van der Waals surface area contributed by atoms with Crippen LogP contribution < -0.4 is 0 Å². The van der Waals surface area contributed by atoms with E-state index in [9.17, 15) is 8.42 Å². The smallest absolute Gasteiger partial charge is 0.214 e. The van der Waals surface area contributed by atoms with Crippen LogP contribution in [0.2, 0.25) is 0 Å². The predicted octanol–water partition coefficient (Wildman–Crippen LogP) is 1.90. The minimum Gasteiger partial charge on any atom is -0.335 e. The van der Waals surface area contributed by atoms with E-state index >= 15 is 0 Å². The summed E-state index contributed by atoms with van der Waals surface area (Å²) in [6.07, 6.45) is 7.40. The molecule has 0 spiro atoms. The second kappa shape index (κ2) is 6.72. The predicted molar refractivity (Wildman–Crippen MR) is 80.0 cm³/mol. The molecule has 0 unspecified atom stereocenters. The highest BCUT2D eigenvalue weighted by Gasteiger charge is 2.27. The lowest BCUT2D eigenvalue weighted by Crippen LogP contribution is -2.40. The molecule has 1 aliphatic rings. The first-order chi connectivity index (χ1) is 9.56. The minimum atomic E-state index is -3.02. The molecule has 0 N–H and O–H groups in total. The standard InChI is InChI=1S/C14H25N3O2S/c1-3-11-20(18,19)17-8-5-13(6-9-17)12-16-10-7-15-14(16)4-2/h7,10,13H,3-6,8-9,11-12H2,1-2H3. The number of aromatic nitrogens is 2. The van der Waals surface area contributed by atoms with Crippen molar-refractivity contribution in [3.05, 3.63) is 18.2 Å². The highest BCUT2D eigenvalue weighted by atomic mass is 32.2. The summed E-state index contributed by atoms with van der Waals surface area (Å²) >= 11 is 0. The summed E-state index contributed by atoms with van der Waals surface area (Å²) in [7, 11) is -3.02. The molecule has 20 heavy (non-hydrogen) atoms. The molecule has 2 rings (SSSR count). The average Bonchev–Trinajstić information content (AvgIpc) is 2.86. The van der Waals surface area contributed by atoms with Crippen LogP contribution in [0.15, 0.2) is 12.4 Å². The maximum atomic E-state index is 12.0. The molecule has 1 saturated heterocycles. The van der Waals surface area contributed by atoms with Crippen LogP contribution in [0.1, 0.15) is 38.9 Å². The van der Waals surface area contributed by atoms with E-state index in [2.05, 4.69) is 16.5 Å². The lowest BCUT2D eigenvalue weighted by atomic mass is 9.98. The molecule has 0 amide bonds. The topological polar surface area (TPSA) is 55.2 Å². The van der Waals surface area contributed by atoms with Crippen LogP contribution in [0.25, 0.3) is 0 Å². The number of sulfonamides is 1. The Balaban J connectivity index is 1.89. The summed E-state index contributed by atoms with van der Waals surface area (Å²) in [6, 6.07) is 0. The first-order valence-corrected chi connectivity index (χ1v) is 9.15. The zero-order valence-corrected chi connectivity index (χ0v) is 13.3. The van der Waals surface area contributed by atoms with Gasteiger partial charge in [0.05, 0.1) is 5.75 Å². The molecule has 0 atom stereocenters. The SMILES string of the molecule is CCCS(=O)(=O)N1CCC(Cn2ccnc2CC)CC1. The Morgan fingerprint density at radius 2 is 2.00 bits per heavy atom. The van der Waals surface area contributed by atoms with Crippen molar-refractivity contribution in [1.29, 1.82) is 0 Å². The number of nitrogens with zero attached hydrogens (tertiary/aromatic N) is 3. The van der Waals surface area contributed by atoms with Crippen LogP contribution in [0.4, 0.5) is 0 Å². The molecule has 0 aliphatic carbocycles. The van der Waals surface area contributed by atoms with Crippen molar-refractivity contribution in [2.45, 2.75) is 46.1 Å². The Hall–Kier alpha value is -0.880. The highest BCUT2D eigenvalue weighted by molar-refractivity contribution is 7.89. The summed E-state index contributed by atoms with van der Waals surface area (Å²) in [4.78, 5) is 4.34. The van der Waals surface area contributed by atoms with Gasteiger partial charge in [0.25, 0.3) is 0 Å². The summed E-state index contributed by atoms with van der Waals surface area (Å²) < 4.78 is 27.9. The van der Waals surface area contributed by atoms with E-state index in [-0.39, 0.29) is 5.75 Å². The van der Waals surface area contributed by atoms with Crippen molar-refractivity contribution in [3.8, 4) is 0 Å². The Bertz CT molecular complexity index is 516. The molecule has 1 aromatic rings. The monoisotopic (exact) mass is 299 g/mol. The van der Waals surface area contributed by atoms with Gasteiger partial charge in [-0.25, -0.2) is 17.7 Å². The van der Waals surface area contributed by atoms with E-state index in [4.69, 9.17) is 0 Å². The van der Waals surface area contributed by atoms with Crippen molar-refractivity contribution >= 4 is 10.0 Å². The molecule has 6 heteroatoms. The number of imidazole rings is 1. The van der Waals surface area contributed by atoms with Gasteiger partial charge >= 0.3 is 0 Å². The Morgan fingerprint density at radius 3 is 2.60 bits per heavy atom. The summed E-state index contributed by atoms with van der Waals surface area (Å²) in [5.41, 5.74) is 0. The molecule has 2 heterocycles. The third-order valence-corrected chi connectivity index (χ3v) is 6.08. The molecular weight excluding hydrogens is 274 g/mol. The van der Waals surface area contributed by atoms with Crippen LogP contribution in [0, 0.1) is 5.92 Å². The van der Waals surface area contributed by atoms with E-state index in [1.807, 2.05) is 19.3 Å². The minimum absolute atomic E-state index is 0.277. The van der Waals surface area contributed by atoms with E-state index in [0.717, 1.165) is 31.6 Å². The maximum absolute atomic E-state index is 12.0. The normalized spacial score (nSPS) is 18.5. The van der Waals surface area contributed by atoms with Crippen LogP contribution in [-0.2, 0) is 23.0 Å². The number of hydrogen-bond acceptors (Lipinski definition) is 3. The van der Waals surface area contributed by atoms with Crippen molar-refractivity contribution in [1.82, 2.24) is 13.9 Å². The summed E-state index contributed by atoms with van der Waals surface area (Å²) in [5.74, 6) is 1.95. The van der Waals surface area contributed by atoms with Gasteiger partial charge < -0.3 is 4.57 Å². The van der Waals surface area contributed by atoms with Gasteiger partial charge in [0.1, 0.15) is 5.82 Å². The number of hydrogen-bond donors (Lipinski definition) is 0. The van der Waals surface area contributed by atoms with Gasteiger partial charge in [0.15, 0.2) is 0 Å². The molecule has 1 aliphatic heterocycles. The molecule has 0 aromatic carbocycles. The van der Waals surface area contributed by atoms with Crippen molar-refractivity contribution in [2.24, 2.45) is 5.92 Å². The maximum Gasteiger partial charge on any atom is 0.214 e. The number of aryl methyl sites for hydroxylation is 1. The number of piperidine rings is 1. The van der Waals surface area contributed by atoms with Gasteiger partial charge in [-0.15, -0.1) is 0 Å². The Morgan fingerprint density at radius 1 is 1.30 bits per heavy atom. The third-order valence-electron chi connectivity index (χ3n) is 4.00. The van der Waals surface area contributed by atoms with E-state index in [1.54, 1.807) is 4.31 Å². The molecule has 1 aromatic heterocycles. The Labute approximate surface area is 122 Å². The van der Waals surface area contributed by atoms with Gasteiger partial charge in [0.2, 0.25) is 10.0 Å². The third kappa shape index (κ3) is 3.61. The average molecular weight is 299 g/mol. The van der Waals surface area contributed by atoms with Crippen molar-refractivity contribution in [3.63, 3.8) is 0 Å². The fraction of sp³-hybridized carbons (Fsp3) is 0.786. The van der Waals surface area contributed by atoms with Crippen LogP contribution in [0.5, 0.6) is 0 Å².